The van der Waals surface area contributed by atoms with E-state index in [9.17, 15) is 0 Å². The van der Waals surface area contributed by atoms with Gasteiger partial charge in [-0.25, -0.2) is 0 Å². The maximum Gasteiger partial charge on any atom is 0.0806 e. The van der Waals surface area contributed by atoms with Crippen LogP contribution in [0.4, 0.5) is 0 Å². The van der Waals surface area contributed by atoms with Gasteiger partial charge in [-0.3, -0.25) is 28.0 Å². The highest BCUT2D eigenvalue weighted by Crippen LogP contribution is 2.54. The standard InChI is InChI=1S/C24H44N6P2/c1-25(2)31(26(3)4,27(5)6)19-22-17-13-15-21-16-14-18-23(24(21)22)20-32(28(7)8,29(9)10)30(11)12/h13-20H,1-12H3. The average Bonchev–Trinajstić information content (AvgIpc) is 2.68. The van der Waals surface area contributed by atoms with Crippen LogP contribution in [-0.4, -0.2) is 124 Å². The van der Waals surface area contributed by atoms with Gasteiger partial charge in [0.25, 0.3) is 0 Å². The number of hydrogen-bond acceptors (Lipinski definition) is 6. The van der Waals surface area contributed by atoms with Crippen molar-refractivity contribution in [2.24, 2.45) is 0 Å². The molecule has 0 heterocycles. The van der Waals surface area contributed by atoms with Gasteiger partial charge in [-0.15, -0.1) is 0 Å². The first-order valence-corrected chi connectivity index (χ1v) is 14.3. The normalized spacial score (nSPS) is 13.4. The molecular formula is C24H44N6P2. The molecule has 0 radical (unpaired) electrons. The molecule has 2 aromatic rings. The summed E-state index contributed by atoms with van der Waals surface area (Å²) in [6.07, 6.45) is 0. The van der Waals surface area contributed by atoms with Crippen LogP contribution < -0.4 is 0 Å². The molecule has 0 spiro atoms. The lowest BCUT2D eigenvalue weighted by atomic mass is 10.0. The molecule has 8 heteroatoms. The maximum absolute atomic E-state index is 2.49. The van der Waals surface area contributed by atoms with Gasteiger partial charge >= 0.3 is 0 Å². The SMILES string of the molecule is CN(C)P(=Cc1cccc2cccc(C=P(N(C)C)(N(C)C)N(C)C)c12)(N(C)C)N(C)C. The van der Waals surface area contributed by atoms with Crippen molar-refractivity contribution in [3.8, 4) is 0 Å². The molecule has 6 nitrogen and oxygen atoms in total. The van der Waals surface area contributed by atoms with Crippen molar-refractivity contribution in [1.29, 1.82) is 0 Å². The lowest BCUT2D eigenvalue weighted by Gasteiger charge is -2.44. The highest BCUT2D eigenvalue weighted by molar-refractivity contribution is 7.69. The zero-order valence-electron chi connectivity index (χ0n) is 22.2. The van der Waals surface area contributed by atoms with Gasteiger partial charge in [-0.2, -0.15) is 0 Å². The van der Waals surface area contributed by atoms with Gasteiger partial charge in [0.15, 0.2) is 0 Å². The van der Waals surface area contributed by atoms with Crippen molar-refractivity contribution in [2.75, 3.05) is 84.6 Å². The smallest absolute Gasteiger partial charge is 0.0806 e. The predicted molar refractivity (Wildman–Crippen MR) is 150 cm³/mol. The number of nitrogens with zero attached hydrogens (tertiary/aromatic N) is 6. The molecule has 0 atom stereocenters. The zero-order chi connectivity index (χ0) is 24.4. The molecule has 0 saturated carbocycles. The van der Waals surface area contributed by atoms with E-state index in [4.69, 9.17) is 0 Å². The molecule has 32 heavy (non-hydrogen) atoms. The van der Waals surface area contributed by atoms with Crippen LogP contribution in [0, 0.1) is 0 Å². The van der Waals surface area contributed by atoms with Gasteiger partial charge in [0, 0.05) is 0 Å². The van der Waals surface area contributed by atoms with Gasteiger partial charge < -0.3 is 0 Å². The van der Waals surface area contributed by atoms with E-state index in [1.54, 1.807) is 0 Å². The predicted octanol–water partition coefficient (Wildman–Crippen LogP) is 4.04. The molecule has 2 rings (SSSR count). The number of fused-ring (bicyclic) bond motifs is 1. The number of rotatable bonds is 8. The average molecular weight is 479 g/mol. The Hall–Kier alpha value is -0.940. The quantitative estimate of drug-likeness (QED) is 0.530. The number of hydrogen-bond donors (Lipinski definition) is 0. The second kappa shape index (κ2) is 10.5. The van der Waals surface area contributed by atoms with Crippen LogP contribution in [0.25, 0.3) is 10.8 Å². The first-order valence-electron chi connectivity index (χ1n) is 10.9. The van der Waals surface area contributed by atoms with Crippen molar-refractivity contribution < 1.29 is 0 Å². The molecule has 0 N–H and O–H groups in total. The second-order valence-electron chi connectivity index (χ2n) is 9.36. The summed E-state index contributed by atoms with van der Waals surface area (Å²) in [5, 5.41) is 2.59. The molecule has 0 unspecified atom stereocenters. The van der Waals surface area contributed by atoms with Crippen molar-refractivity contribution in [3.63, 3.8) is 0 Å². The molecule has 0 fully saturated rings. The minimum Gasteiger partial charge on any atom is -0.266 e. The summed E-state index contributed by atoms with van der Waals surface area (Å²) in [5.74, 6) is 4.99. The molecule has 0 aliphatic rings. The highest BCUT2D eigenvalue weighted by Gasteiger charge is 2.28. The summed E-state index contributed by atoms with van der Waals surface area (Å²) in [6, 6.07) is 13.4. The fraction of sp³-hybridized carbons (Fsp3) is 0.500. The lowest BCUT2D eigenvalue weighted by molar-refractivity contribution is 0.484. The first kappa shape index (κ1) is 27.3. The van der Waals surface area contributed by atoms with E-state index in [1.165, 1.54) is 21.9 Å². The Labute approximate surface area is 197 Å². The Morgan fingerprint density at radius 1 is 0.469 bits per heavy atom. The van der Waals surface area contributed by atoms with Crippen molar-refractivity contribution >= 4 is 37.0 Å². The van der Waals surface area contributed by atoms with Crippen LogP contribution in [0.3, 0.4) is 0 Å². The van der Waals surface area contributed by atoms with Crippen LogP contribution in [0.5, 0.6) is 0 Å². The molecule has 0 aliphatic carbocycles. The van der Waals surface area contributed by atoms with Crippen LogP contribution in [-0.2, 0) is 0 Å². The maximum atomic E-state index is 2.49. The Bertz CT molecular complexity index is 902. The summed E-state index contributed by atoms with van der Waals surface area (Å²) in [7, 11) is 22.5. The Balaban J connectivity index is 3.05. The minimum absolute atomic E-state index is 1.27. The molecule has 180 valence electrons. The van der Waals surface area contributed by atoms with Gasteiger partial charge in [0.1, 0.15) is 0 Å². The highest BCUT2D eigenvalue weighted by atomic mass is 31.2. The summed E-state index contributed by atoms with van der Waals surface area (Å²) in [5.41, 5.74) is 2.57. The molecule has 2 aromatic carbocycles. The summed E-state index contributed by atoms with van der Waals surface area (Å²) in [6.45, 7) is 0. The van der Waals surface area contributed by atoms with Crippen LogP contribution in [0.2, 0.25) is 0 Å². The van der Waals surface area contributed by atoms with E-state index in [0.29, 0.717) is 0 Å². The van der Waals surface area contributed by atoms with E-state index < -0.39 is 14.7 Å². The summed E-state index contributed by atoms with van der Waals surface area (Å²) < 4.78 is 14.2. The minimum atomic E-state index is -1.83. The van der Waals surface area contributed by atoms with E-state index in [-0.39, 0.29) is 0 Å². The van der Waals surface area contributed by atoms with Gasteiger partial charge in [0.05, 0.1) is 14.7 Å². The number of benzene rings is 2. The van der Waals surface area contributed by atoms with E-state index >= 15 is 0 Å². The lowest BCUT2D eigenvalue weighted by Crippen LogP contribution is -2.32. The third kappa shape index (κ3) is 4.80. The molecule has 0 saturated heterocycles. The summed E-state index contributed by atoms with van der Waals surface area (Å²) in [4.78, 5) is 0. The van der Waals surface area contributed by atoms with E-state index in [2.05, 4.69) is 161 Å². The zero-order valence-corrected chi connectivity index (χ0v) is 24.0. The molecule has 0 bridgehead atoms. The van der Waals surface area contributed by atoms with Gasteiger partial charge in [-0.1, -0.05) is 36.4 Å². The largest absolute Gasteiger partial charge is 0.266 e. The van der Waals surface area contributed by atoms with Gasteiger partial charge in [-0.05, 0) is 118 Å². The van der Waals surface area contributed by atoms with E-state index in [0.717, 1.165) is 0 Å². The Morgan fingerprint density at radius 2 is 0.750 bits per heavy atom. The second-order valence-corrected chi connectivity index (χ2v) is 17.1. The van der Waals surface area contributed by atoms with Crippen molar-refractivity contribution in [1.82, 2.24) is 28.0 Å². The molecule has 0 amide bonds. The Kier molecular flexibility index (Phi) is 9.00. The van der Waals surface area contributed by atoms with Crippen LogP contribution in [0.1, 0.15) is 11.1 Å². The third-order valence-corrected chi connectivity index (χ3v) is 14.4. The Morgan fingerprint density at radius 3 is 1.00 bits per heavy atom. The fourth-order valence-corrected chi connectivity index (χ4v) is 11.7. The van der Waals surface area contributed by atoms with Gasteiger partial charge in [0.2, 0.25) is 0 Å². The molecule has 0 aromatic heterocycles. The first-order chi connectivity index (χ1) is 14.8. The monoisotopic (exact) mass is 478 g/mol. The van der Waals surface area contributed by atoms with E-state index in [1.807, 2.05) is 0 Å². The third-order valence-electron chi connectivity index (χ3n) is 6.13. The van der Waals surface area contributed by atoms with Crippen LogP contribution >= 0.6 is 14.7 Å². The molecular weight excluding hydrogens is 434 g/mol. The molecule has 0 aliphatic heterocycles. The summed E-state index contributed by atoms with van der Waals surface area (Å²) >= 11 is 0. The van der Waals surface area contributed by atoms with Crippen molar-refractivity contribution in [2.45, 2.75) is 0 Å². The fourth-order valence-electron chi connectivity index (χ4n) is 4.83. The van der Waals surface area contributed by atoms with Crippen LogP contribution in [0.15, 0.2) is 36.4 Å². The van der Waals surface area contributed by atoms with Crippen molar-refractivity contribution in [3.05, 3.63) is 47.5 Å². The topological polar surface area (TPSA) is 19.4 Å².